The van der Waals surface area contributed by atoms with Crippen molar-refractivity contribution >= 4 is 17.0 Å². The predicted octanol–water partition coefficient (Wildman–Crippen LogP) is 1.92. The minimum atomic E-state index is -0.287. The average molecular weight is 297 g/mol. The summed E-state index contributed by atoms with van der Waals surface area (Å²) in [6, 6.07) is 11.3. The van der Waals surface area contributed by atoms with E-state index < -0.39 is 0 Å². The van der Waals surface area contributed by atoms with E-state index in [9.17, 15) is 4.79 Å². The molecule has 0 fully saturated rings. The number of aliphatic hydroxyl groups excluding tert-OH is 1. The molecule has 0 atom stereocenters. The summed E-state index contributed by atoms with van der Waals surface area (Å²) in [6.07, 6.45) is 0. The maximum Gasteiger partial charge on any atom is 0.259 e. The number of pyridine rings is 1. The van der Waals surface area contributed by atoms with Crippen LogP contribution in [0.15, 0.2) is 40.9 Å². The number of aryl methyl sites for hydroxylation is 1. The molecule has 2 heterocycles. The summed E-state index contributed by atoms with van der Waals surface area (Å²) in [7, 11) is 0. The summed E-state index contributed by atoms with van der Waals surface area (Å²) in [5.74, 6) is -0.287. The molecule has 0 aliphatic heterocycles. The van der Waals surface area contributed by atoms with E-state index in [0.29, 0.717) is 28.1 Å². The first-order valence-electron chi connectivity index (χ1n) is 6.92. The standard InChI is InChI=1S/C16H15N3O3/c1-10-14-12(15(21)17-7-8-20)9-13(18-16(14)22-19-10)11-5-3-2-4-6-11/h2-6,9,20H,7-8H2,1H3,(H,17,21). The van der Waals surface area contributed by atoms with Gasteiger partial charge in [-0.1, -0.05) is 35.5 Å². The van der Waals surface area contributed by atoms with Gasteiger partial charge in [-0.3, -0.25) is 4.79 Å². The highest BCUT2D eigenvalue weighted by Gasteiger charge is 2.18. The Morgan fingerprint density at radius 3 is 2.82 bits per heavy atom. The largest absolute Gasteiger partial charge is 0.395 e. The lowest BCUT2D eigenvalue weighted by Gasteiger charge is -2.07. The van der Waals surface area contributed by atoms with Crippen molar-refractivity contribution in [1.82, 2.24) is 15.5 Å². The van der Waals surface area contributed by atoms with Crippen LogP contribution in [0.1, 0.15) is 16.1 Å². The SMILES string of the molecule is Cc1noc2nc(-c3ccccc3)cc(C(=O)NCCO)c12. The molecule has 0 bridgehead atoms. The minimum absolute atomic E-state index is 0.117. The van der Waals surface area contributed by atoms with Gasteiger partial charge in [0.25, 0.3) is 11.6 Å². The van der Waals surface area contributed by atoms with Gasteiger partial charge in [0.2, 0.25) is 0 Å². The number of hydrogen-bond donors (Lipinski definition) is 2. The van der Waals surface area contributed by atoms with Crippen LogP contribution >= 0.6 is 0 Å². The van der Waals surface area contributed by atoms with Crippen LogP contribution in [0.25, 0.3) is 22.4 Å². The summed E-state index contributed by atoms with van der Waals surface area (Å²) < 4.78 is 5.22. The molecule has 3 aromatic rings. The van der Waals surface area contributed by atoms with Gasteiger partial charge >= 0.3 is 0 Å². The number of aromatic nitrogens is 2. The number of nitrogens with zero attached hydrogens (tertiary/aromatic N) is 2. The molecule has 3 rings (SSSR count). The maximum absolute atomic E-state index is 12.3. The first-order chi connectivity index (χ1) is 10.7. The van der Waals surface area contributed by atoms with Gasteiger partial charge in [0.1, 0.15) is 0 Å². The third kappa shape index (κ3) is 2.56. The molecule has 112 valence electrons. The van der Waals surface area contributed by atoms with Crippen LogP contribution in [0.4, 0.5) is 0 Å². The van der Waals surface area contributed by atoms with E-state index in [-0.39, 0.29) is 19.1 Å². The lowest BCUT2D eigenvalue weighted by molar-refractivity contribution is 0.0946. The number of aliphatic hydroxyl groups is 1. The molecule has 0 saturated carbocycles. The van der Waals surface area contributed by atoms with Crippen molar-refractivity contribution in [3.63, 3.8) is 0 Å². The number of rotatable bonds is 4. The Labute approximate surface area is 126 Å². The Morgan fingerprint density at radius 1 is 1.32 bits per heavy atom. The van der Waals surface area contributed by atoms with Gasteiger partial charge in [-0.2, -0.15) is 0 Å². The highest BCUT2D eigenvalue weighted by molar-refractivity contribution is 6.06. The predicted molar refractivity (Wildman–Crippen MR) is 81.4 cm³/mol. The molecule has 0 radical (unpaired) electrons. The van der Waals surface area contributed by atoms with Gasteiger partial charge in [-0.05, 0) is 13.0 Å². The summed E-state index contributed by atoms with van der Waals surface area (Å²) in [5.41, 5.74) is 2.90. The fourth-order valence-corrected chi connectivity index (χ4v) is 2.30. The molecular formula is C16H15N3O3. The summed E-state index contributed by atoms with van der Waals surface area (Å²) >= 11 is 0. The second-order valence-corrected chi connectivity index (χ2v) is 4.85. The number of fused-ring (bicyclic) bond motifs is 1. The number of benzene rings is 1. The van der Waals surface area contributed by atoms with E-state index in [0.717, 1.165) is 5.56 Å². The number of amides is 1. The third-order valence-electron chi connectivity index (χ3n) is 3.33. The molecule has 1 aromatic carbocycles. The van der Waals surface area contributed by atoms with Crippen LogP contribution in [-0.2, 0) is 0 Å². The molecule has 2 N–H and O–H groups in total. The number of carbonyl (C=O) groups is 1. The topological polar surface area (TPSA) is 88.2 Å². The van der Waals surface area contributed by atoms with Crippen molar-refractivity contribution in [2.75, 3.05) is 13.2 Å². The third-order valence-corrected chi connectivity index (χ3v) is 3.33. The van der Waals surface area contributed by atoms with E-state index in [1.165, 1.54) is 0 Å². The summed E-state index contributed by atoms with van der Waals surface area (Å²) in [4.78, 5) is 16.8. The van der Waals surface area contributed by atoms with Crippen LogP contribution in [0.3, 0.4) is 0 Å². The molecule has 2 aromatic heterocycles. The first-order valence-corrected chi connectivity index (χ1v) is 6.92. The van der Waals surface area contributed by atoms with Gasteiger partial charge in [0.15, 0.2) is 0 Å². The van der Waals surface area contributed by atoms with Crippen molar-refractivity contribution in [2.45, 2.75) is 6.92 Å². The molecule has 0 spiro atoms. The highest BCUT2D eigenvalue weighted by Crippen LogP contribution is 2.26. The Morgan fingerprint density at radius 2 is 2.09 bits per heavy atom. The first kappa shape index (κ1) is 14.2. The summed E-state index contributed by atoms with van der Waals surface area (Å²) in [5, 5.41) is 16.0. The lowest BCUT2D eigenvalue weighted by Crippen LogP contribution is -2.26. The summed E-state index contributed by atoms with van der Waals surface area (Å²) in [6.45, 7) is 1.83. The minimum Gasteiger partial charge on any atom is -0.395 e. The maximum atomic E-state index is 12.3. The molecule has 0 aliphatic rings. The van der Waals surface area contributed by atoms with Gasteiger partial charge < -0.3 is 14.9 Å². The number of carbonyl (C=O) groups excluding carboxylic acids is 1. The Hall–Kier alpha value is -2.73. The molecule has 0 saturated heterocycles. The molecule has 22 heavy (non-hydrogen) atoms. The van der Waals surface area contributed by atoms with Crippen LogP contribution in [-0.4, -0.2) is 34.3 Å². The monoisotopic (exact) mass is 297 g/mol. The molecule has 6 nitrogen and oxygen atoms in total. The van der Waals surface area contributed by atoms with Crippen molar-refractivity contribution in [3.8, 4) is 11.3 Å². The number of nitrogens with one attached hydrogen (secondary N) is 1. The smallest absolute Gasteiger partial charge is 0.259 e. The van der Waals surface area contributed by atoms with Crippen molar-refractivity contribution in [3.05, 3.63) is 47.7 Å². The lowest BCUT2D eigenvalue weighted by atomic mass is 10.1. The van der Waals surface area contributed by atoms with Crippen LogP contribution in [0, 0.1) is 6.92 Å². The van der Waals surface area contributed by atoms with E-state index in [1.54, 1.807) is 13.0 Å². The average Bonchev–Trinajstić information content (AvgIpc) is 2.94. The Balaban J connectivity index is 2.15. The normalized spacial score (nSPS) is 10.8. The highest BCUT2D eigenvalue weighted by atomic mass is 16.5. The van der Waals surface area contributed by atoms with Gasteiger partial charge in [0.05, 0.1) is 28.9 Å². The van der Waals surface area contributed by atoms with Gasteiger partial charge in [0, 0.05) is 12.1 Å². The van der Waals surface area contributed by atoms with Gasteiger partial charge in [-0.25, -0.2) is 4.98 Å². The van der Waals surface area contributed by atoms with Crippen LogP contribution in [0.5, 0.6) is 0 Å². The molecule has 1 amide bonds. The Bertz CT molecular complexity index is 812. The second-order valence-electron chi connectivity index (χ2n) is 4.85. The molecule has 6 heteroatoms. The van der Waals surface area contributed by atoms with Crippen LogP contribution in [0.2, 0.25) is 0 Å². The number of hydrogen-bond acceptors (Lipinski definition) is 5. The zero-order valence-corrected chi connectivity index (χ0v) is 12.0. The Kier molecular flexibility index (Phi) is 3.84. The zero-order chi connectivity index (χ0) is 15.5. The fraction of sp³-hybridized carbons (Fsp3) is 0.188. The van der Waals surface area contributed by atoms with E-state index >= 15 is 0 Å². The van der Waals surface area contributed by atoms with E-state index in [1.807, 2.05) is 30.3 Å². The van der Waals surface area contributed by atoms with Gasteiger partial charge in [-0.15, -0.1) is 0 Å². The molecule has 0 aliphatic carbocycles. The molecular weight excluding hydrogens is 282 g/mol. The van der Waals surface area contributed by atoms with Crippen molar-refractivity contribution in [2.24, 2.45) is 0 Å². The van der Waals surface area contributed by atoms with Crippen molar-refractivity contribution < 1.29 is 14.4 Å². The fourth-order valence-electron chi connectivity index (χ4n) is 2.30. The van der Waals surface area contributed by atoms with Crippen LogP contribution < -0.4 is 5.32 Å². The van der Waals surface area contributed by atoms with E-state index in [4.69, 9.17) is 9.63 Å². The zero-order valence-electron chi connectivity index (χ0n) is 12.0. The second kappa shape index (κ2) is 5.95. The van der Waals surface area contributed by atoms with Crippen molar-refractivity contribution in [1.29, 1.82) is 0 Å². The van der Waals surface area contributed by atoms with E-state index in [2.05, 4.69) is 15.5 Å². The molecule has 0 unspecified atom stereocenters. The quantitative estimate of drug-likeness (QED) is 0.768.